The summed E-state index contributed by atoms with van der Waals surface area (Å²) < 4.78 is 368. The van der Waals surface area contributed by atoms with Crippen LogP contribution >= 0.6 is 0 Å². The van der Waals surface area contributed by atoms with Gasteiger partial charge in [0.15, 0.2) is 0 Å². The monoisotopic (exact) mass is 736 g/mol. The van der Waals surface area contributed by atoms with Gasteiger partial charge in [0.25, 0.3) is 0 Å². The molecule has 260 valence electrons. The molecule has 0 rings (SSSR count). The topological polar surface area (TPSA) is 18.5 Å². The molecule has 0 aromatic carbocycles. The molecule has 0 spiro atoms. The maximum atomic E-state index is 14.4. The first-order valence-corrected chi connectivity index (χ1v) is 10.4. The first-order chi connectivity index (χ1) is 17.9. The van der Waals surface area contributed by atoms with E-state index in [1.807, 2.05) is 0 Å². The van der Waals surface area contributed by atoms with Crippen molar-refractivity contribution in [3.05, 3.63) is 0 Å². The SMILES string of the molecule is FC(F)(F)C(F)(F)O[Si](OC(F)(F)C(F)(F)F)(C(F)(F)C(F)(F)F)C(F)(F)C(F)(F)C(F)(F)C(F)(F)C(F)(F)C(F)(F)F. The highest BCUT2D eigenvalue weighted by molar-refractivity contribution is 6.73. The van der Waals surface area contributed by atoms with Gasteiger partial charge in [0.2, 0.25) is 0 Å². The quantitative estimate of drug-likeness (QED) is 0.165. The normalized spacial score (nSPS) is 17.0. The van der Waals surface area contributed by atoms with E-state index in [2.05, 4.69) is 0 Å². The van der Waals surface area contributed by atoms with E-state index < -0.39 is 80.3 Å². The lowest BCUT2D eigenvalue weighted by molar-refractivity contribution is -0.444. The lowest BCUT2D eigenvalue weighted by atomic mass is 9.98. The molecule has 0 aromatic rings. The van der Waals surface area contributed by atoms with Crippen LogP contribution in [0.25, 0.3) is 0 Å². The fraction of sp³-hybridized carbons (Fsp3) is 1.00. The van der Waals surface area contributed by atoms with Crippen molar-refractivity contribution >= 4 is 8.56 Å². The van der Waals surface area contributed by atoms with Crippen molar-refractivity contribution < 1.29 is 132 Å². The van der Waals surface area contributed by atoms with Crippen LogP contribution in [0.15, 0.2) is 0 Å². The van der Waals surface area contributed by atoms with Gasteiger partial charge in [0.05, 0.1) is 0 Å². The Hall–Kier alpha value is -1.82. The third-order valence-corrected chi connectivity index (χ3v) is 7.66. The van der Waals surface area contributed by atoms with E-state index >= 15 is 0 Å². The lowest BCUT2D eigenvalue weighted by Gasteiger charge is -2.48. The van der Waals surface area contributed by atoms with Gasteiger partial charge in [-0.05, 0) is 0 Å². The first-order valence-electron chi connectivity index (χ1n) is 8.61. The molecule has 0 N–H and O–H groups in total. The molecule has 0 atom stereocenters. The highest BCUT2D eigenvalue weighted by atomic mass is 28.4. The Bertz CT molecular complexity index is 965. The van der Waals surface area contributed by atoms with E-state index in [1.54, 1.807) is 0 Å². The molecule has 0 aliphatic rings. The number of hydrogen-bond acceptors (Lipinski definition) is 2. The van der Waals surface area contributed by atoms with E-state index in [-0.39, 0.29) is 0 Å². The van der Waals surface area contributed by atoms with E-state index in [0.717, 1.165) is 8.85 Å². The minimum absolute atomic E-state index is 0.915. The summed E-state index contributed by atoms with van der Waals surface area (Å²) in [6.07, 6.45) is -51.3. The summed E-state index contributed by atoms with van der Waals surface area (Å²) in [5, 5.41) is 0. The van der Waals surface area contributed by atoms with Gasteiger partial charge in [0, 0.05) is 0 Å². The predicted octanol–water partition coefficient (Wildman–Crippen LogP) is 8.79. The zero-order valence-corrected chi connectivity index (χ0v) is 18.9. The maximum absolute atomic E-state index is 14.4. The summed E-state index contributed by atoms with van der Waals surface area (Å²) in [4.78, 5) is 0. The van der Waals surface area contributed by atoms with E-state index in [0.29, 0.717) is 0 Å². The standard InChI is InChI=1S/C12F28O2Si/c13-1(14,3(17,18)5(21,22)23)2(15,16)4(19,20)11(37,38)43(12(39,40)8(30,31)32,41-9(33,34)6(24,25)26)42-10(35,36)7(27,28)29. The van der Waals surface area contributed by atoms with Gasteiger partial charge < -0.3 is 8.85 Å². The number of hydrogen-bond donors (Lipinski definition) is 0. The van der Waals surface area contributed by atoms with Gasteiger partial charge in [-0.2, -0.15) is 123 Å². The largest absolute Gasteiger partial charge is 0.515 e. The summed E-state index contributed by atoms with van der Waals surface area (Å²) in [6.45, 7) is 0. The van der Waals surface area contributed by atoms with Crippen LogP contribution in [0.4, 0.5) is 123 Å². The van der Waals surface area contributed by atoms with Crippen LogP contribution in [0, 0.1) is 0 Å². The molecule has 0 saturated carbocycles. The van der Waals surface area contributed by atoms with Crippen molar-refractivity contribution in [3.63, 3.8) is 0 Å². The molecule has 0 saturated heterocycles. The fourth-order valence-electron chi connectivity index (χ4n) is 2.11. The van der Waals surface area contributed by atoms with Crippen molar-refractivity contribution in [1.82, 2.24) is 0 Å². The second-order valence-electron chi connectivity index (χ2n) is 7.29. The van der Waals surface area contributed by atoms with Crippen LogP contribution in [0.2, 0.25) is 0 Å². The second-order valence-corrected chi connectivity index (χ2v) is 10.2. The number of halogens is 28. The highest BCUT2D eigenvalue weighted by Crippen LogP contribution is 2.65. The van der Waals surface area contributed by atoms with E-state index in [9.17, 15) is 123 Å². The van der Waals surface area contributed by atoms with Gasteiger partial charge in [-0.25, -0.2) is 0 Å². The minimum Gasteiger partial charge on any atom is -0.320 e. The Morgan fingerprint density at radius 1 is 0.256 bits per heavy atom. The third kappa shape index (κ3) is 5.84. The van der Waals surface area contributed by atoms with Gasteiger partial charge in [-0.15, -0.1) is 0 Å². The van der Waals surface area contributed by atoms with E-state index in [1.165, 1.54) is 0 Å². The average molecular weight is 736 g/mol. The smallest absolute Gasteiger partial charge is 0.320 e. The second kappa shape index (κ2) is 10.1. The molecule has 0 bridgehead atoms. The number of rotatable bonds is 10. The summed E-state index contributed by atoms with van der Waals surface area (Å²) in [7, 11) is -12.1. The molecule has 43 heavy (non-hydrogen) atoms. The minimum atomic E-state index is -12.1. The van der Waals surface area contributed by atoms with Crippen LogP contribution in [0.1, 0.15) is 0 Å². The van der Waals surface area contributed by atoms with Crippen molar-refractivity contribution in [2.45, 2.75) is 71.7 Å². The van der Waals surface area contributed by atoms with Crippen LogP contribution in [-0.2, 0) is 8.85 Å². The molecule has 0 heterocycles. The van der Waals surface area contributed by atoms with Gasteiger partial charge >= 0.3 is 80.3 Å². The lowest BCUT2D eigenvalue weighted by Crippen LogP contribution is -2.84. The molecular weight excluding hydrogens is 736 g/mol. The highest BCUT2D eigenvalue weighted by Gasteiger charge is 3.01. The van der Waals surface area contributed by atoms with Crippen LogP contribution in [0.5, 0.6) is 0 Å². The first kappa shape index (κ1) is 41.2. The summed E-state index contributed by atoms with van der Waals surface area (Å²) >= 11 is 0. The van der Waals surface area contributed by atoms with Gasteiger partial charge in [0.1, 0.15) is 0 Å². The summed E-state index contributed by atoms with van der Waals surface area (Å²) in [5.74, 6) is -38.0. The Morgan fingerprint density at radius 2 is 0.512 bits per heavy atom. The molecule has 0 aromatic heterocycles. The zero-order valence-electron chi connectivity index (χ0n) is 17.9. The van der Waals surface area contributed by atoms with E-state index in [4.69, 9.17) is 0 Å². The molecule has 0 radical (unpaired) electrons. The van der Waals surface area contributed by atoms with Crippen LogP contribution in [-0.4, -0.2) is 80.3 Å². The Kier molecular flexibility index (Phi) is 9.66. The predicted molar refractivity (Wildman–Crippen MR) is 71.7 cm³/mol. The third-order valence-electron chi connectivity index (χ3n) is 4.32. The van der Waals surface area contributed by atoms with Crippen molar-refractivity contribution in [2.24, 2.45) is 0 Å². The summed E-state index contributed by atoms with van der Waals surface area (Å²) in [5.41, 5.74) is -19.5. The number of alkyl halides is 28. The Labute approximate surface area is 213 Å². The molecular formula is C12F28O2Si. The average Bonchev–Trinajstić information content (AvgIpc) is 2.68. The van der Waals surface area contributed by atoms with Crippen LogP contribution < -0.4 is 0 Å². The fourth-order valence-corrected chi connectivity index (χ4v) is 4.96. The molecule has 0 aliphatic carbocycles. The van der Waals surface area contributed by atoms with Crippen LogP contribution in [0.3, 0.4) is 0 Å². The molecule has 0 aliphatic heterocycles. The molecule has 0 amide bonds. The molecule has 31 heteroatoms. The van der Waals surface area contributed by atoms with Gasteiger partial charge in [-0.3, -0.25) is 0 Å². The Balaban J connectivity index is 8.48. The maximum Gasteiger partial charge on any atom is 0.515 e. The molecule has 0 fully saturated rings. The van der Waals surface area contributed by atoms with Crippen molar-refractivity contribution in [1.29, 1.82) is 0 Å². The van der Waals surface area contributed by atoms with Crippen molar-refractivity contribution in [2.75, 3.05) is 0 Å². The van der Waals surface area contributed by atoms with Gasteiger partial charge in [-0.1, -0.05) is 0 Å². The zero-order chi connectivity index (χ0) is 35.9. The molecule has 2 nitrogen and oxygen atoms in total. The Morgan fingerprint density at radius 3 is 0.721 bits per heavy atom. The van der Waals surface area contributed by atoms with Crippen molar-refractivity contribution in [3.8, 4) is 0 Å². The summed E-state index contributed by atoms with van der Waals surface area (Å²) in [6, 6.07) is 0. The molecule has 0 unspecified atom stereocenters.